The van der Waals surface area contributed by atoms with E-state index in [-0.39, 0.29) is 84.3 Å². The molecule has 6 aromatic heterocycles. The van der Waals surface area contributed by atoms with Crippen molar-refractivity contribution in [2.45, 2.75) is 101 Å². The van der Waals surface area contributed by atoms with E-state index in [2.05, 4.69) is 50.8 Å². The van der Waals surface area contributed by atoms with Crippen LogP contribution >= 0.6 is 0 Å². The Bertz CT molecular complexity index is 5150. The number of ketones is 4. The molecule has 8 aliphatic rings. The number of nitrogens with two attached hydrogens (primary N) is 1. The zero-order valence-corrected chi connectivity index (χ0v) is 60.4. The molecule has 4 saturated heterocycles. The number of hydrogen-bond acceptors (Lipinski definition) is 21. The van der Waals surface area contributed by atoms with Gasteiger partial charge in [-0.25, -0.2) is 37.7 Å². The lowest BCUT2D eigenvalue weighted by Crippen LogP contribution is -2.47. The number of piperazine rings is 2. The zero-order valence-electron chi connectivity index (χ0n) is 60.4. The maximum absolute atomic E-state index is 14.1. The lowest BCUT2D eigenvalue weighted by molar-refractivity contribution is -0.133. The number of nitrogens with one attached hydrogen (secondary N) is 1. The first-order chi connectivity index (χ1) is 53.2. The van der Waals surface area contributed by atoms with Crippen LogP contribution in [-0.2, 0) is 46.4 Å². The Labute approximate surface area is 628 Å². The number of anilines is 8. The highest BCUT2D eigenvalue weighted by Crippen LogP contribution is 2.42. The van der Waals surface area contributed by atoms with E-state index >= 15 is 0 Å². The molecular weight excluding hydrogens is 1390 g/mol. The Hall–Kier alpha value is -11.7. The van der Waals surface area contributed by atoms with Crippen molar-refractivity contribution in [3.05, 3.63) is 192 Å². The first-order valence-corrected chi connectivity index (χ1v) is 37.7. The van der Waals surface area contributed by atoms with Crippen LogP contribution in [0.3, 0.4) is 0 Å². The second-order valence-corrected chi connectivity index (χ2v) is 29.0. The fourth-order valence-electron chi connectivity index (χ4n) is 16.7. The normalized spacial score (nSPS) is 20.4. The van der Waals surface area contributed by atoms with Crippen LogP contribution in [0.2, 0.25) is 0 Å². The standard InChI is InChI=1S/C41H42FN9O3.C27H28FN7O.C14H14N2O3/c42-28-6-1-5-27(23-28)33-10-4-17-49(33)40-15-14-38-44-26-36(51(38)46-40)32-8-3-11-39(45-32)48-21-19-47(20-22-48)18-16-43-31-7-2-9-34-30(31)25-41(54)50(34)35-13-12-29(52)24-37(35)53;28-21-5-1-4-20(18-21)23-7-3-11-34(23)27-10-9-25-29-19-24(35(25)31-27)22-6-2-8-26(30-22)33-14-12-32(13-15-33)16-17-36;15-10-2-1-3-11-9(10)7-14(19)16(11)12-5-4-8(17)6-13(12)18/h1-3,5-9,11,14-15,23,26,33,35,43H,4,10,12-13,16-22,24-25H2;1-2,4-6,8-10,17-19,23H,3,7,11-16H2;1-3,12H,4-7,15H2/t33-,35?;23-;/m11./s1. The van der Waals surface area contributed by atoms with Gasteiger partial charge in [-0.15, -0.1) is 10.2 Å². The quantitative estimate of drug-likeness (QED) is 0.0517. The van der Waals surface area contributed by atoms with Gasteiger partial charge in [0.1, 0.15) is 64.1 Å². The summed E-state index contributed by atoms with van der Waals surface area (Å²) in [5.41, 5.74) is 17.3. The van der Waals surface area contributed by atoms with Gasteiger partial charge in [0, 0.05) is 114 Å². The van der Waals surface area contributed by atoms with E-state index < -0.39 is 12.1 Å². The number of nitrogens with zero attached hydrogens (tertiary/aromatic N) is 16. The monoisotopic (exact) mass is 1470 g/mol. The molecule has 558 valence electrons. The molecule has 0 spiro atoms. The van der Waals surface area contributed by atoms with Crippen molar-refractivity contribution in [3.8, 4) is 22.8 Å². The number of hydrogen-bond donors (Lipinski definition) is 2. The number of imidazole rings is 2. The predicted molar refractivity (Wildman–Crippen MR) is 411 cm³/mol. The Morgan fingerprint density at radius 3 is 1.46 bits per heavy atom. The van der Waals surface area contributed by atoms with E-state index in [9.17, 15) is 42.3 Å². The van der Waals surface area contributed by atoms with Crippen molar-refractivity contribution in [2.24, 2.45) is 0 Å². The summed E-state index contributed by atoms with van der Waals surface area (Å²) in [5.74, 6) is 2.46. The number of carbonyl (C=O) groups excluding carboxylic acids is 7. The van der Waals surface area contributed by atoms with Gasteiger partial charge in [-0.05, 0) is 147 Å². The van der Waals surface area contributed by atoms with Crippen LogP contribution in [0.1, 0.15) is 98.5 Å². The first-order valence-electron chi connectivity index (χ1n) is 37.7. The number of aromatic nitrogens is 8. The zero-order chi connectivity index (χ0) is 74.8. The molecule has 109 heavy (non-hydrogen) atoms. The van der Waals surface area contributed by atoms with Crippen molar-refractivity contribution >= 4 is 98.5 Å². The second kappa shape index (κ2) is 31.2. The summed E-state index contributed by atoms with van der Waals surface area (Å²) < 4.78 is 31.7. The van der Waals surface area contributed by atoms with Gasteiger partial charge in [0.25, 0.3) is 0 Å². The number of aldehydes is 1. The number of fused-ring (bicyclic) bond motifs is 4. The second-order valence-electron chi connectivity index (χ2n) is 29.0. The Kier molecular flexibility index (Phi) is 20.5. The van der Waals surface area contributed by atoms with Crippen molar-refractivity contribution in [1.29, 1.82) is 0 Å². The SMILES string of the molecule is Nc1cccc2c1CC(=O)N2C1CCC(=O)CC1=O.O=C1CCC(N2C(=O)Cc3c(NCCN4CCN(c5cccc(-c6cnc7ccc(N8CCC[C@@H]8c8cccc(F)c8)nn67)n5)CC4)cccc32)C(=O)C1.O=CCN1CCN(c2cccc(-c3cnc4ccc(N5CCC[C@@H]5c5cccc(F)c5)nn34)n2)CC1. The van der Waals surface area contributed by atoms with Gasteiger partial charge in [-0.2, -0.15) is 0 Å². The fourth-order valence-corrected chi connectivity index (χ4v) is 16.7. The lowest BCUT2D eigenvalue weighted by Gasteiger charge is -2.35. The van der Waals surface area contributed by atoms with Crippen molar-refractivity contribution < 1.29 is 42.3 Å². The number of nitrogen functional groups attached to an aromatic ring is 1. The van der Waals surface area contributed by atoms with Crippen LogP contribution < -0.4 is 40.4 Å². The molecule has 0 bridgehead atoms. The van der Waals surface area contributed by atoms with Crippen LogP contribution in [-0.4, -0.2) is 187 Å². The molecule has 25 nitrogen and oxygen atoms in total. The van der Waals surface area contributed by atoms with Crippen LogP contribution in [0.4, 0.5) is 54.8 Å². The molecule has 27 heteroatoms. The smallest absolute Gasteiger partial charge is 0.232 e. The molecule has 3 N–H and O–H groups in total. The highest BCUT2D eigenvalue weighted by Gasteiger charge is 2.42. The predicted octanol–water partition coefficient (Wildman–Crippen LogP) is 9.53. The minimum Gasteiger partial charge on any atom is -0.398 e. The number of Topliss-reactive ketones (excluding diaryl/α,β-unsaturated/α-hetero) is 4. The van der Waals surface area contributed by atoms with Gasteiger partial charge >= 0.3 is 0 Å². The van der Waals surface area contributed by atoms with Crippen LogP contribution in [0.15, 0.2) is 158 Å². The summed E-state index contributed by atoms with van der Waals surface area (Å²) in [5, 5.41) is 13.5. The fraction of sp³-hybridized carbons (Fsp3) is 0.354. The third-order valence-electron chi connectivity index (χ3n) is 22.3. The summed E-state index contributed by atoms with van der Waals surface area (Å²) in [6.45, 7) is 10.6. The minimum atomic E-state index is -0.552. The molecule has 6 fully saturated rings. The number of halogens is 2. The van der Waals surface area contributed by atoms with Gasteiger partial charge in [-0.3, -0.25) is 38.6 Å². The summed E-state index contributed by atoms with van der Waals surface area (Å²) in [7, 11) is 0. The molecule has 4 aromatic carbocycles. The Balaban J connectivity index is 0.000000140. The number of amides is 2. The topological polar surface area (TPSA) is 270 Å². The summed E-state index contributed by atoms with van der Waals surface area (Å²) in [6.07, 6.45) is 10.4. The van der Waals surface area contributed by atoms with E-state index in [1.165, 1.54) is 17.0 Å². The molecule has 2 amide bonds. The largest absolute Gasteiger partial charge is 0.398 e. The van der Waals surface area contributed by atoms with Gasteiger partial charge in [0.15, 0.2) is 22.9 Å². The van der Waals surface area contributed by atoms with Gasteiger partial charge in [-0.1, -0.05) is 48.5 Å². The molecule has 4 atom stereocenters. The van der Waals surface area contributed by atoms with E-state index in [1.807, 2.05) is 106 Å². The summed E-state index contributed by atoms with van der Waals surface area (Å²) in [6, 6.07) is 44.0. The highest BCUT2D eigenvalue weighted by atomic mass is 19.1. The van der Waals surface area contributed by atoms with E-state index in [4.69, 9.17) is 25.9 Å². The Morgan fingerprint density at radius 2 is 0.954 bits per heavy atom. The average molecular weight is 1470 g/mol. The van der Waals surface area contributed by atoms with Crippen molar-refractivity contribution in [3.63, 3.8) is 0 Å². The minimum absolute atomic E-state index is 0.0410. The van der Waals surface area contributed by atoms with Gasteiger partial charge < -0.3 is 45.2 Å². The maximum Gasteiger partial charge on any atom is 0.232 e. The molecule has 10 aromatic rings. The lowest BCUT2D eigenvalue weighted by atomic mass is 9.91. The van der Waals surface area contributed by atoms with Crippen LogP contribution in [0.5, 0.6) is 0 Å². The number of carbonyl (C=O) groups is 7. The highest BCUT2D eigenvalue weighted by molar-refractivity contribution is 6.14. The summed E-state index contributed by atoms with van der Waals surface area (Å²) in [4.78, 5) is 120. The number of benzene rings is 4. The first kappa shape index (κ1) is 71.5. The maximum atomic E-state index is 14.1. The summed E-state index contributed by atoms with van der Waals surface area (Å²) >= 11 is 0. The molecule has 6 aliphatic heterocycles. The molecule has 2 saturated carbocycles. The van der Waals surface area contributed by atoms with E-state index in [0.717, 1.165) is 207 Å². The van der Waals surface area contributed by atoms with Crippen LogP contribution in [0, 0.1) is 11.6 Å². The molecule has 18 rings (SSSR count). The van der Waals surface area contributed by atoms with E-state index in [1.54, 1.807) is 47.4 Å². The number of pyridine rings is 2. The average Bonchev–Trinajstić information content (AvgIpc) is 1.66. The van der Waals surface area contributed by atoms with Crippen molar-refractivity contribution in [1.82, 2.24) is 49.0 Å². The van der Waals surface area contributed by atoms with E-state index in [0.29, 0.717) is 37.9 Å². The van der Waals surface area contributed by atoms with Gasteiger partial charge in [0.2, 0.25) is 11.8 Å². The molecule has 2 aliphatic carbocycles. The molecule has 0 radical (unpaired) electrons. The van der Waals surface area contributed by atoms with Gasteiger partial charge in [0.05, 0.1) is 91.6 Å². The molecular formula is C82H84F2N18O7. The molecule has 12 heterocycles. The third-order valence-corrected chi connectivity index (χ3v) is 22.3. The van der Waals surface area contributed by atoms with Crippen LogP contribution in [0.25, 0.3) is 34.1 Å². The van der Waals surface area contributed by atoms with Crippen molar-refractivity contribution in [2.75, 3.05) is 126 Å². The molecule has 2 unspecified atom stereocenters. The number of rotatable bonds is 16. The Morgan fingerprint density at radius 1 is 0.477 bits per heavy atom. The third kappa shape index (κ3) is 15.0.